The summed E-state index contributed by atoms with van der Waals surface area (Å²) in [7, 11) is 1.59. The maximum Gasteiger partial charge on any atom is 0.314 e. The molecule has 1 aliphatic heterocycles. The van der Waals surface area contributed by atoms with E-state index in [1.165, 1.54) is 0 Å². The Kier molecular flexibility index (Phi) is 4.76. The number of carboxylic acid groups (broad SMARTS) is 1. The fraction of sp³-hybridized carbons (Fsp3) is 0.611. The molecule has 0 bridgehead atoms. The highest BCUT2D eigenvalue weighted by Crippen LogP contribution is 2.48. The minimum absolute atomic E-state index is 0.0500. The number of methoxy groups -OCH3 is 1. The van der Waals surface area contributed by atoms with Gasteiger partial charge >= 0.3 is 5.97 Å². The van der Waals surface area contributed by atoms with Crippen molar-refractivity contribution in [1.82, 2.24) is 0 Å². The summed E-state index contributed by atoms with van der Waals surface area (Å²) in [6, 6.07) is 5.55. The van der Waals surface area contributed by atoms with Crippen LogP contribution in [0.25, 0.3) is 0 Å². The highest BCUT2D eigenvalue weighted by molar-refractivity contribution is 5.83. The molecule has 1 N–H and O–H groups in total. The molecule has 1 unspecified atom stereocenters. The summed E-state index contributed by atoms with van der Waals surface area (Å²) in [6.45, 7) is 1.30. The van der Waals surface area contributed by atoms with Crippen molar-refractivity contribution in [2.45, 2.75) is 50.0 Å². The first-order valence-corrected chi connectivity index (χ1v) is 8.32. The predicted molar refractivity (Wildman–Crippen MR) is 85.2 cm³/mol. The number of carbonyl (C=O) groups is 1. The van der Waals surface area contributed by atoms with Crippen LogP contribution in [-0.4, -0.2) is 37.5 Å². The van der Waals surface area contributed by atoms with Crippen LogP contribution in [0, 0.1) is 0 Å². The average molecular weight is 320 g/mol. The maximum atomic E-state index is 12.0. The quantitative estimate of drug-likeness (QED) is 0.903. The highest BCUT2D eigenvalue weighted by Gasteiger charge is 2.45. The molecule has 0 spiro atoms. The lowest BCUT2D eigenvalue weighted by Gasteiger charge is -2.30. The van der Waals surface area contributed by atoms with Gasteiger partial charge in [-0.2, -0.15) is 0 Å². The fourth-order valence-electron chi connectivity index (χ4n) is 3.72. The van der Waals surface area contributed by atoms with Crippen LogP contribution in [0.2, 0.25) is 0 Å². The van der Waals surface area contributed by atoms with Crippen molar-refractivity contribution in [1.29, 1.82) is 0 Å². The summed E-state index contributed by atoms with van der Waals surface area (Å²) in [5, 5.41) is 9.89. The van der Waals surface area contributed by atoms with Gasteiger partial charge in [0.1, 0.15) is 6.10 Å². The largest absolute Gasteiger partial charge is 0.493 e. The standard InChI is InChI=1S/C18H24O5/c1-21-15-8-4-7-14(18(17(19)20)9-2-3-10-18)16(15)23-13-6-5-11-22-12-13/h4,7-8,13H,2-3,5-6,9-12H2,1H3,(H,19,20). The van der Waals surface area contributed by atoms with E-state index in [2.05, 4.69) is 0 Å². The molecule has 3 rings (SSSR count). The Bertz CT molecular complexity index is 557. The van der Waals surface area contributed by atoms with Gasteiger partial charge in [0.05, 0.1) is 19.1 Å². The van der Waals surface area contributed by atoms with Gasteiger partial charge in [-0.15, -0.1) is 0 Å². The molecule has 1 saturated carbocycles. The molecule has 1 aromatic rings. The number of benzene rings is 1. The van der Waals surface area contributed by atoms with Crippen LogP contribution in [-0.2, 0) is 14.9 Å². The molecule has 1 heterocycles. The number of carboxylic acids is 1. The van der Waals surface area contributed by atoms with Crippen LogP contribution in [0.3, 0.4) is 0 Å². The second-order valence-electron chi connectivity index (χ2n) is 6.39. The molecule has 1 atom stereocenters. The summed E-state index contributed by atoms with van der Waals surface area (Å²) in [6.07, 6.45) is 4.97. The maximum absolute atomic E-state index is 12.0. The number of hydrogen-bond acceptors (Lipinski definition) is 4. The minimum atomic E-state index is -0.862. The Hall–Kier alpha value is -1.75. The molecule has 2 aliphatic rings. The topological polar surface area (TPSA) is 65.0 Å². The van der Waals surface area contributed by atoms with E-state index in [0.717, 1.165) is 37.9 Å². The zero-order valence-corrected chi connectivity index (χ0v) is 13.5. The molecule has 5 nitrogen and oxygen atoms in total. The van der Waals surface area contributed by atoms with E-state index in [9.17, 15) is 9.90 Å². The third-order valence-corrected chi connectivity index (χ3v) is 4.98. The number of ether oxygens (including phenoxy) is 3. The van der Waals surface area contributed by atoms with Crippen molar-refractivity contribution in [3.05, 3.63) is 23.8 Å². The summed E-state index contributed by atoms with van der Waals surface area (Å²) >= 11 is 0. The van der Waals surface area contributed by atoms with E-state index in [4.69, 9.17) is 14.2 Å². The van der Waals surface area contributed by atoms with Crippen molar-refractivity contribution in [2.24, 2.45) is 0 Å². The molecule has 0 aromatic heterocycles. The first-order chi connectivity index (χ1) is 11.2. The van der Waals surface area contributed by atoms with Crippen LogP contribution >= 0.6 is 0 Å². The summed E-state index contributed by atoms with van der Waals surface area (Å²) in [4.78, 5) is 12.0. The number of aliphatic carboxylic acids is 1. The molecular weight excluding hydrogens is 296 g/mol. The molecule has 5 heteroatoms. The normalized spacial score (nSPS) is 23.4. The Balaban J connectivity index is 2.00. The van der Waals surface area contributed by atoms with Crippen LogP contribution in [0.4, 0.5) is 0 Å². The number of para-hydroxylation sites is 1. The van der Waals surface area contributed by atoms with Gasteiger partial charge in [-0.25, -0.2) is 0 Å². The Morgan fingerprint density at radius 3 is 2.70 bits per heavy atom. The van der Waals surface area contributed by atoms with Gasteiger partial charge in [0.2, 0.25) is 0 Å². The van der Waals surface area contributed by atoms with Crippen molar-refractivity contribution < 1.29 is 24.1 Å². The van der Waals surface area contributed by atoms with E-state index >= 15 is 0 Å². The van der Waals surface area contributed by atoms with Crippen molar-refractivity contribution >= 4 is 5.97 Å². The van der Waals surface area contributed by atoms with E-state index in [1.807, 2.05) is 18.2 Å². The van der Waals surface area contributed by atoms with Crippen molar-refractivity contribution in [3.63, 3.8) is 0 Å². The fourth-order valence-corrected chi connectivity index (χ4v) is 3.72. The van der Waals surface area contributed by atoms with Gasteiger partial charge in [0, 0.05) is 12.2 Å². The highest BCUT2D eigenvalue weighted by atomic mass is 16.5. The Morgan fingerprint density at radius 1 is 1.30 bits per heavy atom. The first kappa shape index (κ1) is 16.1. The van der Waals surface area contributed by atoms with Gasteiger partial charge < -0.3 is 19.3 Å². The molecule has 23 heavy (non-hydrogen) atoms. The van der Waals surface area contributed by atoms with E-state index < -0.39 is 11.4 Å². The Labute approximate surface area is 136 Å². The molecule has 0 radical (unpaired) electrons. The predicted octanol–water partition coefficient (Wildman–Crippen LogP) is 3.15. The first-order valence-electron chi connectivity index (χ1n) is 8.32. The van der Waals surface area contributed by atoms with Gasteiger partial charge in [-0.05, 0) is 31.7 Å². The van der Waals surface area contributed by atoms with Crippen LogP contribution in [0.5, 0.6) is 11.5 Å². The molecule has 1 aromatic carbocycles. The molecule has 0 amide bonds. The van der Waals surface area contributed by atoms with E-state index in [1.54, 1.807) is 7.11 Å². The minimum Gasteiger partial charge on any atom is -0.493 e. The summed E-state index contributed by atoms with van der Waals surface area (Å²) < 4.78 is 17.1. The lowest BCUT2D eigenvalue weighted by Crippen LogP contribution is -2.35. The average Bonchev–Trinajstić information content (AvgIpc) is 3.07. The third-order valence-electron chi connectivity index (χ3n) is 4.98. The molecule has 2 fully saturated rings. The zero-order chi connectivity index (χ0) is 16.3. The number of rotatable bonds is 5. The number of hydrogen-bond donors (Lipinski definition) is 1. The van der Waals surface area contributed by atoms with Gasteiger partial charge in [0.15, 0.2) is 11.5 Å². The van der Waals surface area contributed by atoms with Gasteiger partial charge in [-0.1, -0.05) is 25.0 Å². The lowest BCUT2D eigenvalue weighted by atomic mass is 9.78. The van der Waals surface area contributed by atoms with Crippen LogP contribution in [0.15, 0.2) is 18.2 Å². The Morgan fingerprint density at radius 2 is 2.09 bits per heavy atom. The van der Waals surface area contributed by atoms with Crippen LogP contribution < -0.4 is 9.47 Å². The summed E-state index contributed by atoms with van der Waals surface area (Å²) in [5.41, 5.74) is -0.119. The molecule has 1 aliphatic carbocycles. The monoisotopic (exact) mass is 320 g/mol. The van der Waals surface area contributed by atoms with Crippen molar-refractivity contribution in [2.75, 3.05) is 20.3 Å². The van der Waals surface area contributed by atoms with E-state index in [0.29, 0.717) is 30.9 Å². The molecule has 126 valence electrons. The molecule has 1 saturated heterocycles. The summed E-state index contributed by atoms with van der Waals surface area (Å²) in [5.74, 6) is 0.406. The second kappa shape index (κ2) is 6.79. The SMILES string of the molecule is COc1cccc(C2(C(=O)O)CCCC2)c1OC1CCCOC1. The second-order valence-corrected chi connectivity index (χ2v) is 6.39. The zero-order valence-electron chi connectivity index (χ0n) is 13.5. The van der Waals surface area contributed by atoms with Crippen LogP contribution in [0.1, 0.15) is 44.1 Å². The molecular formula is C18H24O5. The lowest BCUT2D eigenvalue weighted by molar-refractivity contribution is -0.143. The van der Waals surface area contributed by atoms with Gasteiger partial charge in [-0.3, -0.25) is 4.79 Å². The smallest absolute Gasteiger partial charge is 0.314 e. The third kappa shape index (κ3) is 3.02. The van der Waals surface area contributed by atoms with Crippen molar-refractivity contribution in [3.8, 4) is 11.5 Å². The van der Waals surface area contributed by atoms with E-state index in [-0.39, 0.29) is 6.10 Å². The van der Waals surface area contributed by atoms with Gasteiger partial charge in [0.25, 0.3) is 0 Å².